The minimum absolute atomic E-state index is 0.000596. The van der Waals surface area contributed by atoms with Gasteiger partial charge in [-0.2, -0.15) is 0 Å². The molecule has 0 fully saturated rings. The van der Waals surface area contributed by atoms with Crippen LogP contribution in [0.4, 0.5) is 5.69 Å². The molecule has 0 aliphatic rings. The average molecular weight is 280 g/mol. The van der Waals surface area contributed by atoms with Crippen LogP contribution in [0, 0.1) is 0 Å². The Kier molecular flexibility index (Phi) is 5.31. The minimum atomic E-state index is -0.303. The van der Waals surface area contributed by atoms with Crippen LogP contribution >= 0.6 is 0 Å². The van der Waals surface area contributed by atoms with E-state index in [4.69, 9.17) is 5.73 Å². The SMILES string of the molecule is CCN(CC(=O)N(C)C)C(=O)Cn1cc(N)ccc1=O. The molecule has 0 atom stereocenters. The van der Waals surface area contributed by atoms with Crippen LogP contribution in [0.1, 0.15) is 6.92 Å². The lowest BCUT2D eigenvalue weighted by Gasteiger charge is -2.22. The van der Waals surface area contributed by atoms with E-state index in [9.17, 15) is 14.4 Å². The van der Waals surface area contributed by atoms with E-state index in [0.29, 0.717) is 12.2 Å². The smallest absolute Gasteiger partial charge is 0.251 e. The molecule has 110 valence electrons. The number of carbonyl (C=O) groups excluding carboxylic acids is 2. The molecular weight excluding hydrogens is 260 g/mol. The Morgan fingerprint density at radius 2 is 1.90 bits per heavy atom. The van der Waals surface area contributed by atoms with Crippen molar-refractivity contribution in [1.29, 1.82) is 0 Å². The third kappa shape index (κ3) is 4.11. The summed E-state index contributed by atoms with van der Waals surface area (Å²) in [5.74, 6) is -0.462. The van der Waals surface area contributed by atoms with Crippen LogP contribution in [0.15, 0.2) is 23.1 Å². The first-order valence-electron chi connectivity index (χ1n) is 6.29. The summed E-state index contributed by atoms with van der Waals surface area (Å²) in [4.78, 5) is 38.2. The summed E-state index contributed by atoms with van der Waals surface area (Å²) >= 11 is 0. The van der Waals surface area contributed by atoms with Crippen LogP contribution in [0.3, 0.4) is 0 Å². The second-order valence-electron chi connectivity index (χ2n) is 4.62. The predicted octanol–water partition coefficient (Wildman–Crippen LogP) is -0.633. The summed E-state index contributed by atoms with van der Waals surface area (Å²) in [5, 5.41) is 0. The molecule has 7 heteroatoms. The fourth-order valence-corrected chi connectivity index (χ4v) is 1.60. The number of amides is 2. The van der Waals surface area contributed by atoms with Crippen molar-refractivity contribution in [1.82, 2.24) is 14.4 Å². The first-order valence-corrected chi connectivity index (χ1v) is 6.29. The lowest BCUT2D eigenvalue weighted by atomic mass is 10.3. The topological polar surface area (TPSA) is 88.6 Å². The van der Waals surface area contributed by atoms with Gasteiger partial charge in [-0.15, -0.1) is 0 Å². The van der Waals surface area contributed by atoms with E-state index in [2.05, 4.69) is 0 Å². The third-order valence-corrected chi connectivity index (χ3v) is 2.87. The summed E-state index contributed by atoms with van der Waals surface area (Å²) in [6.07, 6.45) is 1.42. The van der Waals surface area contributed by atoms with Crippen LogP contribution < -0.4 is 11.3 Å². The van der Waals surface area contributed by atoms with Gasteiger partial charge in [0.05, 0.1) is 6.54 Å². The zero-order valence-corrected chi connectivity index (χ0v) is 12.0. The number of anilines is 1. The summed E-state index contributed by atoms with van der Waals surface area (Å²) in [5.41, 5.74) is 5.69. The molecule has 1 heterocycles. The van der Waals surface area contributed by atoms with Crippen molar-refractivity contribution in [2.45, 2.75) is 13.5 Å². The van der Waals surface area contributed by atoms with Crippen LogP contribution in [-0.2, 0) is 16.1 Å². The molecular formula is C13H20N4O3. The maximum atomic E-state index is 12.1. The molecule has 0 aromatic carbocycles. The number of carbonyl (C=O) groups is 2. The van der Waals surface area contributed by atoms with Crippen molar-refractivity contribution < 1.29 is 9.59 Å². The van der Waals surface area contributed by atoms with Gasteiger partial charge in [0.25, 0.3) is 5.56 Å². The molecule has 2 amide bonds. The summed E-state index contributed by atoms with van der Waals surface area (Å²) in [7, 11) is 3.26. The van der Waals surface area contributed by atoms with Gasteiger partial charge in [-0.25, -0.2) is 0 Å². The summed E-state index contributed by atoms with van der Waals surface area (Å²) in [6.45, 7) is 2.05. The van der Waals surface area contributed by atoms with Gasteiger partial charge in [-0.3, -0.25) is 14.4 Å². The maximum Gasteiger partial charge on any atom is 0.251 e. The Morgan fingerprint density at radius 3 is 2.45 bits per heavy atom. The first-order chi connectivity index (χ1) is 9.35. The van der Waals surface area contributed by atoms with Crippen molar-refractivity contribution >= 4 is 17.5 Å². The minimum Gasteiger partial charge on any atom is -0.398 e. The lowest BCUT2D eigenvalue weighted by molar-refractivity contribution is -0.139. The zero-order valence-electron chi connectivity index (χ0n) is 12.0. The second-order valence-corrected chi connectivity index (χ2v) is 4.62. The average Bonchev–Trinajstić information content (AvgIpc) is 2.39. The van der Waals surface area contributed by atoms with E-state index in [1.165, 1.54) is 32.7 Å². The van der Waals surface area contributed by atoms with E-state index >= 15 is 0 Å². The molecule has 0 radical (unpaired) electrons. The van der Waals surface area contributed by atoms with Gasteiger partial charge in [-0.1, -0.05) is 0 Å². The quantitative estimate of drug-likeness (QED) is 0.777. The highest BCUT2D eigenvalue weighted by Crippen LogP contribution is 1.99. The molecule has 7 nitrogen and oxygen atoms in total. The fraction of sp³-hybridized carbons (Fsp3) is 0.462. The molecule has 20 heavy (non-hydrogen) atoms. The number of nitrogen functional groups attached to an aromatic ring is 1. The largest absolute Gasteiger partial charge is 0.398 e. The maximum absolute atomic E-state index is 12.1. The Labute approximate surface area is 117 Å². The molecule has 0 saturated heterocycles. The molecule has 2 N–H and O–H groups in total. The number of rotatable bonds is 5. The van der Waals surface area contributed by atoms with Crippen molar-refractivity contribution in [2.24, 2.45) is 0 Å². The van der Waals surface area contributed by atoms with Gasteiger partial charge in [-0.05, 0) is 13.0 Å². The predicted molar refractivity (Wildman–Crippen MR) is 76.1 cm³/mol. The molecule has 1 aromatic rings. The number of likely N-dealkylation sites (N-methyl/N-ethyl adjacent to an activating group) is 2. The first kappa shape index (κ1) is 15.7. The highest BCUT2D eigenvalue weighted by molar-refractivity contribution is 5.84. The molecule has 0 aliphatic heterocycles. The Morgan fingerprint density at radius 1 is 1.25 bits per heavy atom. The number of nitrogens with two attached hydrogens (primary N) is 1. The summed E-state index contributed by atoms with van der Waals surface area (Å²) in [6, 6.07) is 2.79. The molecule has 1 aromatic heterocycles. The Balaban J connectivity index is 2.80. The highest BCUT2D eigenvalue weighted by atomic mass is 16.2. The van der Waals surface area contributed by atoms with Crippen LogP contribution in [0.5, 0.6) is 0 Å². The van der Waals surface area contributed by atoms with Crippen LogP contribution in [0.25, 0.3) is 0 Å². The number of aromatic nitrogens is 1. The Hall–Kier alpha value is -2.31. The van der Waals surface area contributed by atoms with Gasteiger partial charge in [0, 0.05) is 38.6 Å². The van der Waals surface area contributed by atoms with Crippen molar-refractivity contribution in [3.05, 3.63) is 28.7 Å². The number of hydrogen-bond donors (Lipinski definition) is 1. The lowest BCUT2D eigenvalue weighted by Crippen LogP contribution is -2.42. The van der Waals surface area contributed by atoms with Crippen molar-refractivity contribution in [3.63, 3.8) is 0 Å². The normalized spacial score (nSPS) is 10.2. The second kappa shape index (κ2) is 6.74. The van der Waals surface area contributed by atoms with Crippen molar-refractivity contribution in [2.75, 3.05) is 32.9 Å². The molecule has 0 saturated carbocycles. The van der Waals surface area contributed by atoms with E-state index in [0.717, 1.165) is 0 Å². The molecule has 1 rings (SSSR count). The molecule has 0 unspecified atom stereocenters. The molecule has 0 spiro atoms. The van der Waals surface area contributed by atoms with Gasteiger partial charge in [0.2, 0.25) is 11.8 Å². The highest BCUT2D eigenvalue weighted by Gasteiger charge is 2.17. The third-order valence-electron chi connectivity index (χ3n) is 2.87. The summed E-state index contributed by atoms with van der Waals surface area (Å²) < 4.78 is 1.24. The standard InChI is InChI=1S/C13H20N4O3/c1-4-16(8-12(19)15(2)3)13(20)9-17-7-10(14)5-6-11(17)18/h5-7H,4,8-9,14H2,1-3H3. The van der Waals surface area contributed by atoms with Gasteiger partial charge < -0.3 is 20.1 Å². The van der Waals surface area contributed by atoms with Gasteiger partial charge in [0.1, 0.15) is 6.54 Å². The monoisotopic (exact) mass is 280 g/mol. The molecule has 0 aliphatic carbocycles. The fourth-order valence-electron chi connectivity index (χ4n) is 1.60. The van der Waals surface area contributed by atoms with E-state index in [-0.39, 0.29) is 30.5 Å². The molecule has 0 bridgehead atoms. The number of nitrogens with zero attached hydrogens (tertiary/aromatic N) is 3. The Bertz CT molecular complexity index is 551. The van der Waals surface area contributed by atoms with Crippen molar-refractivity contribution in [3.8, 4) is 0 Å². The van der Waals surface area contributed by atoms with E-state index in [1.54, 1.807) is 21.0 Å². The van der Waals surface area contributed by atoms with E-state index < -0.39 is 0 Å². The number of pyridine rings is 1. The number of hydrogen-bond acceptors (Lipinski definition) is 4. The van der Waals surface area contributed by atoms with Crippen LogP contribution in [-0.4, -0.2) is 53.4 Å². The van der Waals surface area contributed by atoms with E-state index in [1.807, 2.05) is 0 Å². The van der Waals surface area contributed by atoms with Gasteiger partial charge >= 0.3 is 0 Å². The van der Waals surface area contributed by atoms with Gasteiger partial charge in [0.15, 0.2) is 0 Å². The zero-order chi connectivity index (χ0) is 15.3. The van der Waals surface area contributed by atoms with Crippen LogP contribution in [0.2, 0.25) is 0 Å².